The Morgan fingerprint density at radius 2 is 2.03 bits per heavy atom. The zero-order valence-corrected chi connectivity index (χ0v) is 19.6. The molecule has 0 aliphatic carbocycles. The van der Waals surface area contributed by atoms with Crippen LogP contribution in [0.4, 0.5) is 0 Å². The molecule has 0 radical (unpaired) electrons. The number of benzene rings is 1. The highest BCUT2D eigenvalue weighted by Gasteiger charge is 2.38. The zero-order chi connectivity index (χ0) is 22.7. The first kappa shape index (κ1) is 23.2. The highest BCUT2D eigenvalue weighted by atomic mass is 32.1. The summed E-state index contributed by atoms with van der Waals surface area (Å²) >= 11 is 1.64. The summed E-state index contributed by atoms with van der Waals surface area (Å²) in [6, 6.07) is 7.36. The van der Waals surface area contributed by atoms with Gasteiger partial charge >= 0.3 is 0 Å². The first-order valence-electron chi connectivity index (χ1n) is 10.9. The van der Waals surface area contributed by atoms with Crippen LogP contribution < -0.4 is 11.6 Å². The van der Waals surface area contributed by atoms with Crippen LogP contribution in [0.1, 0.15) is 58.0 Å². The average molecular weight is 444 g/mol. The molecule has 3 rings (SSSR count). The number of carbonyl (C=O) groups is 2. The molecular formula is C23H33N5O2S. The Morgan fingerprint density at radius 1 is 1.32 bits per heavy atom. The van der Waals surface area contributed by atoms with Crippen molar-refractivity contribution in [2.75, 3.05) is 6.54 Å². The van der Waals surface area contributed by atoms with E-state index in [-0.39, 0.29) is 35.3 Å². The maximum Gasteiger partial charge on any atom is 0.247 e. The molecule has 2 aromatic rings. The summed E-state index contributed by atoms with van der Waals surface area (Å²) in [5.74, 6) is 5.83. The molecule has 2 heterocycles. The number of hydrazine groups is 1. The van der Waals surface area contributed by atoms with Crippen molar-refractivity contribution < 1.29 is 9.59 Å². The minimum Gasteiger partial charge on any atom is -0.395 e. The van der Waals surface area contributed by atoms with Gasteiger partial charge < -0.3 is 15.6 Å². The number of likely N-dealkylation sites (tertiary alicyclic amines) is 1. The van der Waals surface area contributed by atoms with E-state index in [9.17, 15) is 9.59 Å². The average Bonchev–Trinajstić information content (AvgIpc) is 3.38. The molecule has 1 aromatic carbocycles. The molecule has 1 saturated heterocycles. The number of hydrogen-bond acceptors (Lipinski definition) is 7. The number of Topliss-reactive ketones (excluding diaryl/α,β-unsaturated/α-hetero) is 1. The van der Waals surface area contributed by atoms with Crippen LogP contribution in [0.3, 0.4) is 0 Å². The van der Waals surface area contributed by atoms with Gasteiger partial charge in [-0.2, -0.15) is 0 Å². The maximum absolute atomic E-state index is 13.6. The van der Waals surface area contributed by atoms with Gasteiger partial charge in [0.15, 0.2) is 5.78 Å². The quantitative estimate of drug-likeness (QED) is 0.367. The third-order valence-electron chi connectivity index (χ3n) is 5.97. The van der Waals surface area contributed by atoms with E-state index >= 15 is 0 Å². The van der Waals surface area contributed by atoms with E-state index in [1.807, 2.05) is 50.8 Å². The molecule has 0 bridgehead atoms. The number of rotatable bonds is 8. The Balaban J connectivity index is 1.83. The molecule has 1 aliphatic heterocycles. The number of ketones is 1. The fraction of sp³-hybridized carbons (Fsp3) is 0.522. The summed E-state index contributed by atoms with van der Waals surface area (Å²) in [7, 11) is 0. The summed E-state index contributed by atoms with van der Waals surface area (Å²) in [6.07, 6.45) is 3.92. The lowest BCUT2D eigenvalue weighted by Gasteiger charge is -2.34. The molecule has 7 nitrogen and oxygen atoms in total. The fourth-order valence-electron chi connectivity index (χ4n) is 4.02. The molecule has 0 spiro atoms. The largest absolute Gasteiger partial charge is 0.395 e. The second-order valence-corrected chi connectivity index (χ2v) is 9.67. The number of thiazole rings is 1. The van der Waals surface area contributed by atoms with E-state index in [0.717, 1.165) is 28.1 Å². The topological polar surface area (TPSA) is 106 Å². The lowest BCUT2D eigenvalue weighted by atomic mass is 10.00. The first-order valence-corrected chi connectivity index (χ1v) is 11.8. The number of fused-ring (bicyclic) bond motifs is 1. The highest BCUT2D eigenvalue weighted by Crippen LogP contribution is 2.37. The first-order chi connectivity index (χ1) is 14.7. The lowest BCUT2D eigenvalue weighted by Crippen LogP contribution is -2.52. The van der Waals surface area contributed by atoms with Gasteiger partial charge in [-0.3, -0.25) is 9.59 Å². The minimum absolute atomic E-state index is 0.0531. The van der Waals surface area contributed by atoms with Crippen LogP contribution in [0.5, 0.6) is 0 Å². The maximum atomic E-state index is 13.6. The highest BCUT2D eigenvalue weighted by molar-refractivity contribution is 7.18. The monoisotopic (exact) mass is 443 g/mol. The van der Waals surface area contributed by atoms with Crippen LogP contribution >= 0.6 is 11.3 Å². The van der Waals surface area contributed by atoms with Gasteiger partial charge in [-0.05, 0) is 37.3 Å². The minimum atomic E-state index is -0.613. The van der Waals surface area contributed by atoms with Crippen LogP contribution in [0.2, 0.25) is 0 Å². The van der Waals surface area contributed by atoms with E-state index in [4.69, 9.17) is 16.6 Å². The number of para-hydroxylation sites is 1. The Labute approximate surface area is 188 Å². The van der Waals surface area contributed by atoms with Crippen molar-refractivity contribution in [1.82, 2.24) is 14.9 Å². The van der Waals surface area contributed by atoms with E-state index in [1.165, 1.54) is 11.2 Å². The number of nitrogens with two attached hydrogens (primary N) is 2. The molecule has 3 unspecified atom stereocenters. The molecular weight excluding hydrogens is 410 g/mol. The molecule has 1 aromatic heterocycles. The van der Waals surface area contributed by atoms with Crippen LogP contribution in [0, 0.1) is 11.8 Å². The summed E-state index contributed by atoms with van der Waals surface area (Å²) in [4.78, 5) is 32.6. The van der Waals surface area contributed by atoms with Gasteiger partial charge in [0.1, 0.15) is 11.0 Å². The van der Waals surface area contributed by atoms with Crippen LogP contribution in [-0.2, 0) is 9.59 Å². The second-order valence-electron chi connectivity index (χ2n) is 8.60. The molecule has 3 atom stereocenters. The zero-order valence-electron chi connectivity index (χ0n) is 18.7. The molecule has 1 amide bonds. The van der Waals surface area contributed by atoms with Gasteiger partial charge in [0.2, 0.25) is 5.91 Å². The smallest absolute Gasteiger partial charge is 0.247 e. The lowest BCUT2D eigenvalue weighted by molar-refractivity contribution is -0.138. The Kier molecular flexibility index (Phi) is 7.33. The number of aromatic nitrogens is 1. The van der Waals surface area contributed by atoms with Crippen LogP contribution in [-0.4, -0.2) is 39.2 Å². The normalized spacial score (nSPS) is 19.1. The summed E-state index contributed by atoms with van der Waals surface area (Å²) in [6.45, 7) is 8.34. The summed E-state index contributed by atoms with van der Waals surface area (Å²) < 4.78 is 1.12. The molecule has 4 N–H and O–H groups in total. The van der Waals surface area contributed by atoms with Gasteiger partial charge in [-0.1, -0.05) is 39.8 Å². The van der Waals surface area contributed by atoms with E-state index in [0.29, 0.717) is 13.0 Å². The van der Waals surface area contributed by atoms with Gasteiger partial charge in [0, 0.05) is 18.7 Å². The molecule has 1 fully saturated rings. The number of hydrogen-bond donors (Lipinski definition) is 2. The SMILES string of the molecule is CCC(C)C(=O)/C(N)=C/N(N)C(C(=O)N1CCCC1c1nc2ccccc2s1)C(C)C. The molecule has 0 saturated carbocycles. The predicted octanol–water partition coefficient (Wildman–Crippen LogP) is 3.58. The molecule has 168 valence electrons. The van der Waals surface area contributed by atoms with Gasteiger partial charge in [-0.25, -0.2) is 10.8 Å². The number of carbonyl (C=O) groups excluding carboxylic acids is 2. The Bertz CT molecular complexity index is 937. The number of amides is 1. The van der Waals surface area contributed by atoms with Crippen molar-refractivity contribution in [2.24, 2.45) is 23.4 Å². The number of allylic oxidation sites excluding steroid dienone is 1. The standard InChI is InChI=1S/C23H33N5O2S/c1-5-15(4)21(29)16(24)13-28(25)20(14(2)3)23(30)27-12-8-10-18(27)22-26-17-9-6-7-11-19(17)31-22/h6-7,9,11,13-15,18,20H,5,8,10,12,24-25H2,1-4H3/b16-13-. The van der Waals surface area contributed by atoms with Crippen molar-refractivity contribution in [2.45, 2.75) is 59.0 Å². The van der Waals surface area contributed by atoms with Crippen molar-refractivity contribution in [3.8, 4) is 0 Å². The van der Waals surface area contributed by atoms with Crippen molar-refractivity contribution in [1.29, 1.82) is 0 Å². The second kappa shape index (κ2) is 9.78. The third-order valence-corrected chi connectivity index (χ3v) is 7.11. The third kappa shape index (κ3) is 4.91. The molecule has 31 heavy (non-hydrogen) atoms. The van der Waals surface area contributed by atoms with Crippen LogP contribution in [0.25, 0.3) is 10.2 Å². The molecule has 8 heteroatoms. The van der Waals surface area contributed by atoms with Crippen molar-refractivity contribution in [3.05, 3.63) is 41.2 Å². The number of nitrogens with zero attached hydrogens (tertiary/aromatic N) is 3. The Morgan fingerprint density at radius 3 is 2.68 bits per heavy atom. The van der Waals surface area contributed by atoms with E-state index in [1.54, 1.807) is 11.3 Å². The summed E-state index contributed by atoms with van der Waals surface area (Å²) in [5, 5.41) is 2.27. The van der Waals surface area contributed by atoms with Crippen molar-refractivity contribution >= 4 is 33.2 Å². The van der Waals surface area contributed by atoms with Crippen molar-refractivity contribution in [3.63, 3.8) is 0 Å². The van der Waals surface area contributed by atoms with E-state index < -0.39 is 6.04 Å². The van der Waals surface area contributed by atoms with Gasteiger partial charge in [0.05, 0.1) is 22.0 Å². The van der Waals surface area contributed by atoms with Crippen LogP contribution in [0.15, 0.2) is 36.2 Å². The Hall–Kier alpha value is -2.45. The predicted molar refractivity (Wildman–Crippen MR) is 125 cm³/mol. The van der Waals surface area contributed by atoms with Gasteiger partial charge in [0.25, 0.3) is 0 Å². The van der Waals surface area contributed by atoms with E-state index in [2.05, 4.69) is 6.07 Å². The molecule has 1 aliphatic rings. The summed E-state index contributed by atoms with van der Waals surface area (Å²) in [5.41, 5.74) is 7.05. The fourth-order valence-corrected chi connectivity index (χ4v) is 5.14. The van der Waals surface area contributed by atoms with Gasteiger partial charge in [-0.15, -0.1) is 11.3 Å².